The molecule has 0 bridgehead atoms. The molecule has 1 saturated carbocycles. The van der Waals surface area contributed by atoms with E-state index in [4.69, 9.17) is 9.84 Å². The average molecular weight is 255 g/mol. The summed E-state index contributed by atoms with van der Waals surface area (Å²) in [5.41, 5.74) is 0. The lowest BCUT2D eigenvalue weighted by Crippen LogP contribution is -2.49. The molecule has 5 heteroatoms. The molecule has 0 radical (unpaired) electrons. The zero-order valence-electron chi connectivity index (χ0n) is 10.6. The number of carbonyl (C=O) groups is 2. The molecular weight excluding hydrogens is 234 g/mol. The minimum absolute atomic E-state index is 0.132. The predicted octanol–water partition coefficient (Wildman–Crippen LogP) is 1.32. The highest BCUT2D eigenvalue weighted by Gasteiger charge is 2.33. The van der Waals surface area contributed by atoms with Gasteiger partial charge >= 0.3 is 5.97 Å². The molecule has 0 aromatic carbocycles. The molecule has 3 atom stereocenters. The number of nitrogens with one attached hydrogen (secondary N) is 1. The van der Waals surface area contributed by atoms with E-state index < -0.39 is 11.9 Å². The zero-order valence-corrected chi connectivity index (χ0v) is 10.6. The van der Waals surface area contributed by atoms with E-state index in [1.165, 1.54) is 0 Å². The molecule has 0 aromatic heterocycles. The minimum Gasteiger partial charge on any atom is -0.481 e. The van der Waals surface area contributed by atoms with E-state index in [1.807, 2.05) is 0 Å². The highest BCUT2D eigenvalue weighted by molar-refractivity contribution is 5.82. The van der Waals surface area contributed by atoms with Crippen LogP contribution in [0.4, 0.5) is 0 Å². The molecule has 2 fully saturated rings. The Bertz CT molecular complexity index is 312. The van der Waals surface area contributed by atoms with E-state index in [0.717, 1.165) is 38.5 Å². The summed E-state index contributed by atoms with van der Waals surface area (Å²) < 4.78 is 5.42. The highest BCUT2D eigenvalue weighted by Crippen LogP contribution is 2.25. The van der Waals surface area contributed by atoms with Gasteiger partial charge in [-0.25, -0.2) is 0 Å². The number of carboxylic acids is 1. The molecule has 2 N–H and O–H groups in total. The summed E-state index contributed by atoms with van der Waals surface area (Å²) in [6, 6.07) is -0.228. The van der Waals surface area contributed by atoms with Crippen molar-refractivity contribution in [2.45, 2.75) is 57.1 Å². The lowest BCUT2D eigenvalue weighted by atomic mass is 9.84. The number of hydrogen-bond donors (Lipinski definition) is 2. The predicted molar refractivity (Wildman–Crippen MR) is 65.1 cm³/mol. The molecule has 18 heavy (non-hydrogen) atoms. The molecule has 1 amide bonds. The van der Waals surface area contributed by atoms with Crippen LogP contribution in [0.2, 0.25) is 0 Å². The number of ether oxygens (including phenoxy) is 1. The summed E-state index contributed by atoms with van der Waals surface area (Å²) in [7, 11) is 0. The third kappa shape index (κ3) is 3.22. The smallest absolute Gasteiger partial charge is 0.308 e. The molecular formula is C13H21NO4. The molecule has 102 valence electrons. The number of hydrogen-bond acceptors (Lipinski definition) is 3. The first-order valence-electron chi connectivity index (χ1n) is 6.83. The first-order valence-corrected chi connectivity index (χ1v) is 6.83. The van der Waals surface area contributed by atoms with E-state index in [0.29, 0.717) is 13.0 Å². The van der Waals surface area contributed by atoms with Crippen LogP contribution >= 0.6 is 0 Å². The second kappa shape index (κ2) is 6.18. The van der Waals surface area contributed by atoms with Crippen LogP contribution in [0.3, 0.4) is 0 Å². The largest absolute Gasteiger partial charge is 0.481 e. The van der Waals surface area contributed by atoms with Crippen molar-refractivity contribution in [3.63, 3.8) is 0 Å². The first-order chi connectivity index (χ1) is 8.68. The van der Waals surface area contributed by atoms with Crippen molar-refractivity contribution < 1.29 is 19.4 Å². The maximum Gasteiger partial charge on any atom is 0.308 e. The van der Waals surface area contributed by atoms with Gasteiger partial charge in [-0.3, -0.25) is 9.59 Å². The molecule has 0 aromatic rings. The molecule has 2 rings (SSSR count). The fourth-order valence-corrected chi connectivity index (χ4v) is 2.82. The summed E-state index contributed by atoms with van der Waals surface area (Å²) >= 11 is 0. The monoisotopic (exact) mass is 255 g/mol. The van der Waals surface area contributed by atoms with E-state index in [2.05, 4.69) is 5.32 Å². The summed E-state index contributed by atoms with van der Waals surface area (Å²) in [6.07, 6.45) is 5.71. The number of aliphatic carboxylic acids is 1. The number of amides is 1. The number of rotatable bonds is 3. The normalized spacial score (nSPS) is 32.8. The molecule has 1 aliphatic carbocycles. The van der Waals surface area contributed by atoms with Crippen molar-refractivity contribution in [2.75, 3.05) is 6.61 Å². The Morgan fingerprint density at radius 3 is 2.44 bits per heavy atom. The Balaban J connectivity index is 1.89. The number of carbonyl (C=O) groups excluding carboxylic acids is 1. The van der Waals surface area contributed by atoms with E-state index in [9.17, 15) is 9.59 Å². The maximum atomic E-state index is 12.0. The van der Waals surface area contributed by atoms with Gasteiger partial charge in [-0.1, -0.05) is 12.8 Å². The van der Waals surface area contributed by atoms with Crippen molar-refractivity contribution in [1.82, 2.24) is 5.32 Å². The maximum absolute atomic E-state index is 12.0. The van der Waals surface area contributed by atoms with Crippen LogP contribution in [0, 0.1) is 5.92 Å². The van der Waals surface area contributed by atoms with Gasteiger partial charge in [0.25, 0.3) is 0 Å². The Morgan fingerprint density at radius 1 is 1.06 bits per heavy atom. The molecule has 0 spiro atoms. The summed E-state index contributed by atoms with van der Waals surface area (Å²) in [6.45, 7) is 0.630. The van der Waals surface area contributed by atoms with E-state index >= 15 is 0 Å². The lowest BCUT2D eigenvalue weighted by molar-refractivity contribution is -0.145. The standard InChI is InChI=1S/C13H21NO4/c15-12(11-7-3-4-8-18-11)14-10-6-2-1-5-9(10)13(16)17/h9-11H,1-8H2,(H,14,15)(H,16,17). The molecule has 5 nitrogen and oxygen atoms in total. The summed E-state index contributed by atoms with van der Waals surface area (Å²) in [4.78, 5) is 23.1. The third-order valence-corrected chi connectivity index (χ3v) is 3.88. The van der Waals surface area contributed by atoms with Crippen LogP contribution in [0.25, 0.3) is 0 Å². The van der Waals surface area contributed by atoms with Gasteiger partial charge in [0.15, 0.2) is 0 Å². The van der Waals surface area contributed by atoms with Gasteiger partial charge in [0, 0.05) is 12.6 Å². The van der Waals surface area contributed by atoms with Gasteiger partial charge < -0.3 is 15.2 Å². The van der Waals surface area contributed by atoms with Gasteiger partial charge in [0.05, 0.1) is 5.92 Å². The van der Waals surface area contributed by atoms with Gasteiger partial charge in [0.2, 0.25) is 5.91 Å². The fourth-order valence-electron chi connectivity index (χ4n) is 2.82. The quantitative estimate of drug-likeness (QED) is 0.797. The molecule has 1 saturated heterocycles. The highest BCUT2D eigenvalue weighted by atomic mass is 16.5. The average Bonchev–Trinajstić information content (AvgIpc) is 2.40. The van der Waals surface area contributed by atoms with Crippen LogP contribution in [0.15, 0.2) is 0 Å². The summed E-state index contributed by atoms with van der Waals surface area (Å²) in [5, 5.41) is 12.0. The van der Waals surface area contributed by atoms with Gasteiger partial charge in [-0.15, -0.1) is 0 Å². The molecule has 3 unspecified atom stereocenters. The molecule has 1 heterocycles. The zero-order chi connectivity index (χ0) is 13.0. The van der Waals surface area contributed by atoms with E-state index in [1.54, 1.807) is 0 Å². The number of carboxylic acid groups (broad SMARTS) is 1. The first kappa shape index (κ1) is 13.3. The van der Waals surface area contributed by atoms with Crippen LogP contribution < -0.4 is 5.32 Å². The lowest BCUT2D eigenvalue weighted by Gasteiger charge is -2.31. The van der Waals surface area contributed by atoms with Crippen molar-refractivity contribution >= 4 is 11.9 Å². The second-order valence-corrected chi connectivity index (χ2v) is 5.20. The Hall–Kier alpha value is -1.10. The van der Waals surface area contributed by atoms with Crippen LogP contribution in [-0.4, -0.2) is 35.7 Å². The van der Waals surface area contributed by atoms with Crippen molar-refractivity contribution in [1.29, 1.82) is 0 Å². The van der Waals surface area contributed by atoms with Gasteiger partial charge in [-0.2, -0.15) is 0 Å². The Kier molecular flexibility index (Phi) is 4.58. The van der Waals surface area contributed by atoms with Crippen molar-refractivity contribution in [3.05, 3.63) is 0 Å². The van der Waals surface area contributed by atoms with Crippen LogP contribution in [-0.2, 0) is 14.3 Å². The fraction of sp³-hybridized carbons (Fsp3) is 0.846. The SMILES string of the molecule is O=C(NC1CCCCC1C(=O)O)C1CCCCO1. The second-order valence-electron chi connectivity index (χ2n) is 5.20. The minimum atomic E-state index is -0.801. The van der Waals surface area contributed by atoms with Crippen molar-refractivity contribution in [2.24, 2.45) is 5.92 Å². The molecule has 1 aliphatic heterocycles. The van der Waals surface area contributed by atoms with Crippen molar-refractivity contribution in [3.8, 4) is 0 Å². The third-order valence-electron chi connectivity index (χ3n) is 3.88. The Labute approximate surface area is 107 Å². The Morgan fingerprint density at radius 2 is 1.78 bits per heavy atom. The van der Waals surface area contributed by atoms with Crippen LogP contribution in [0.1, 0.15) is 44.9 Å². The molecule has 2 aliphatic rings. The van der Waals surface area contributed by atoms with Gasteiger partial charge in [-0.05, 0) is 32.1 Å². The summed E-state index contributed by atoms with van der Waals surface area (Å²) in [5.74, 6) is -1.37. The van der Waals surface area contributed by atoms with E-state index in [-0.39, 0.29) is 18.1 Å². The van der Waals surface area contributed by atoms with Gasteiger partial charge in [0.1, 0.15) is 6.10 Å². The topological polar surface area (TPSA) is 75.6 Å². The van der Waals surface area contributed by atoms with Crippen LogP contribution in [0.5, 0.6) is 0 Å².